The van der Waals surface area contributed by atoms with E-state index in [2.05, 4.69) is 9.88 Å². The molecular formula is C15H22F3N3OS. The molecule has 1 saturated heterocycles. The van der Waals surface area contributed by atoms with Crippen LogP contribution in [0.4, 0.5) is 13.2 Å². The fraction of sp³-hybridized carbons (Fsp3) is 0.733. The number of aromatic nitrogens is 1. The Morgan fingerprint density at radius 1 is 1.43 bits per heavy atom. The Kier molecular flexibility index (Phi) is 6.02. The molecule has 0 spiro atoms. The first-order chi connectivity index (χ1) is 10.7. The Balaban J connectivity index is 1.75. The highest BCUT2D eigenvalue weighted by Crippen LogP contribution is 2.23. The van der Waals surface area contributed by atoms with Crippen LogP contribution in [0.5, 0.6) is 0 Å². The second kappa shape index (κ2) is 7.61. The highest BCUT2D eigenvalue weighted by molar-refractivity contribution is 7.09. The van der Waals surface area contributed by atoms with Gasteiger partial charge in [-0.1, -0.05) is 0 Å². The largest absolute Gasteiger partial charge is 0.390 e. The van der Waals surface area contributed by atoms with Crippen LogP contribution in [0.25, 0.3) is 0 Å². The van der Waals surface area contributed by atoms with E-state index in [4.69, 9.17) is 0 Å². The molecule has 1 aromatic heterocycles. The summed E-state index contributed by atoms with van der Waals surface area (Å²) in [5, 5.41) is 3.08. The average molecular weight is 349 g/mol. The first-order valence-electron chi connectivity index (χ1n) is 7.69. The van der Waals surface area contributed by atoms with Gasteiger partial charge in [0.2, 0.25) is 5.91 Å². The molecule has 0 atom stereocenters. The van der Waals surface area contributed by atoms with Gasteiger partial charge < -0.3 is 4.90 Å². The predicted molar refractivity (Wildman–Crippen MR) is 83.2 cm³/mol. The van der Waals surface area contributed by atoms with Crippen LogP contribution < -0.4 is 0 Å². The molecule has 2 rings (SSSR count). The van der Waals surface area contributed by atoms with Crippen LogP contribution in [0.15, 0.2) is 5.38 Å². The number of carbonyl (C=O) groups is 1. The summed E-state index contributed by atoms with van der Waals surface area (Å²) in [6, 6.07) is 0. The molecule has 1 amide bonds. The first-order valence-corrected chi connectivity index (χ1v) is 8.57. The van der Waals surface area contributed by atoms with E-state index in [1.807, 2.05) is 12.3 Å². The lowest BCUT2D eigenvalue weighted by molar-refractivity contribution is -0.146. The van der Waals surface area contributed by atoms with Crippen LogP contribution in [0.3, 0.4) is 0 Å². The molecule has 23 heavy (non-hydrogen) atoms. The van der Waals surface area contributed by atoms with Crippen LogP contribution in [-0.2, 0) is 11.3 Å². The number of alkyl halides is 3. The minimum Gasteiger partial charge on any atom is -0.345 e. The fourth-order valence-electron chi connectivity index (χ4n) is 2.76. The Morgan fingerprint density at radius 3 is 2.61 bits per heavy atom. The van der Waals surface area contributed by atoms with Crippen LogP contribution in [0.1, 0.15) is 30.0 Å². The maximum atomic E-state index is 12.2. The van der Waals surface area contributed by atoms with Gasteiger partial charge in [0.25, 0.3) is 0 Å². The zero-order chi connectivity index (χ0) is 17.0. The van der Waals surface area contributed by atoms with Crippen molar-refractivity contribution in [2.75, 3.05) is 26.7 Å². The Bertz CT molecular complexity index is 524. The molecule has 0 saturated carbocycles. The van der Waals surface area contributed by atoms with Crippen LogP contribution >= 0.6 is 11.3 Å². The fourth-order valence-corrected chi connectivity index (χ4v) is 3.37. The molecule has 1 aliphatic rings. The van der Waals surface area contributed by atoms with Crippen molar-refractivity contribution < 1.29 is 18.0 Å². The molecular weight excluding hydrogens is 327 g/mol. The second-order valence-corrected chi connectivity index (χ2v) is 7.10. The molecule has 0 radical (unpaired) electrons. The van der Waals surface area contributed by atoms with Gasteiger partial charge in [-0.2, -0.15) is 13.2 Å². The van der Waals surface area contributed by atoms with E-state index in [-0.39, 0.29) is 18.4 Å². The Hall–Kier alpha value is -1.15. The molecule has 0 aromatic carbocycles. The van der Waals surface area contributed by atoms with Crippen molar-refractivity contribution in [2.24, 2.45) is 5.92 Å². The number of likely N-dealkylation sites (tertiary alicyclic amines) is 1. The molecule has 1 aliphatic heterocycles. The van der Waals surface area contributed by atoms with Gasteiger partial charge in [-0.05, 0) is 32.9 Å². The normalized spacial score (nSPS) is 17.4. The minimum atomic E-state index is -4.22. The van der Waals surface area contributed by atoms with Crippen molar-refractivity contribution in [1.29, 1.82) is 0 Å². The number of thiazole rings is 1. The molecule has 0 N–H and O–H groups in total. The zero-order valence-corrected chi connectivity index (χ0v) is 14.2. The summed E-state index contributed by atoms with van der Waals surface area (Å²) in [7, 11) is 1.46. The van der Waals surface area contributed by atoms with E-state index in [1.54, 1.807) is 11.3 Å². The molecule has 0 aliphatic carbocycles. The molecule has 4 nitrogen and oxygen atoms in total. The van der Waals surface area contributed by atoms with E-state index >= 15 is 0 Å². The Labute approximate surface area is 138 Å². The average Bonchev–Trinajstić information content (AvgIpc) is 2.89. The first kappa shape index (κ1) is 18.2. The van der Waals surface area contributed by atoms with Crippen molar-refractivity contribution in [3.63, 3.8) is 0 Å². The second-order valence-electron chi connectivity index (χ2n) is 6.03. The van der Waals surface area contributed by atoms with E-state index < -0.39 is 12.6 Å². The third-order valence-electron chi connectivity index (χ3n) is 4.10. The molecule has 8 heteroatoms. The highest BCUT2D eigenvalue weighted by atomic mass is 32.1. The number of aryl methyl sites for hydroxylation is 1. The summed E-state index contributed by atoms with van der Waals surface area (Å²) in [4.78, 5) is 20.1. The molecule has 1 fully saturated rings. The third-order valence-corrected chi connectivity index (χ3v) is 4.92. The van der Waals surface area contributed by atoms with Gasteiger partial charge >= 0.3 is 6.18 Å². The van der Waals surface area contributed by atoms with E-state index in [9.17, 15) is 18.0 Å². The summed E-state index contributed by atoms with van der Waals surface area (Å²) in [5.41, 5.74) is 1.04. The van der Waals surface area contributed by atoms with Gasteiger partial charge in [0.15, 0.2) is 0 Å². The number of nitrogens with zero attached hydrogens (tertiary/aromatic N) is 3. The molecule has 2 heterocycles. The summed E-state index contributed by atoms with van der Waals surface area (Å²) >= 11 is 1.62. The Morgan fingerprint density at radius 2 is 2.09 bits per heavy atom. The van der Waals surface area contributed by atoms with Crippen molar-refractivity contribution in [2.45, 2.75) is 38.9 Å². The number of hydrogen-bond donors (Lipinski definition) is 0. The predicted octanol–water partition coefficient (Wildman–Crippen LogP) is 3.07. The number of carbonyl (C=O) groups excluding carboxylic acids is 1. The van der Waals surface area contributed by atoms with Gasteiger partial charge in [0.05, 0.1) is 17.1 Å². The standard InChI is InChI=1S/C15H22F3N3OS/c1-11-19-13(10-23-11)9-21-6-3-12(4-7-21)14(22)20(2)8-5-15(16,17)18/h10,12H,3-9H2,1-2H3. The number of rotatable bonds is 5. The lowest BCUT2D eigenvalue weighted by Crippen LogP contribution is -2.41. The molecule has 1 aromatic rings. The quantitative estimate of drug-likeness (QED) is 0.820. The smallest absolute Gasteiger partial charge is 0.345 e. The van der Waals surface area contributed by atoms with E-state index in [0.717, 1.165) is 30.3 Å². The van der Waals surface area contributed by atoms with Gasteiger partial charge in [-0.25, -0.2) is 4.98 Å². The summed E-state index contributed by atoms with van der Waals surface area (Å²) in [6.07, 6.45) is -3.78. The lowest BCUT2D eigenvalue weighted by Gasteiger charge is -2.32. The van der Waals surface area contributed by atoms with Crippen LogP contribution in [-0.4, -0.2) is 53.5 Å². The number of amides is 1. The van der Waals surface area contributed by atoms with Crippen molar-refractivity contribution in [1.82, 2.24) is 14.8 Å². The number of halogens is 3. The van der Waals surface area contributed by atoms with Crippen molar-refractivity contribution >= 4 is 17.2 Å². The minimum absolute atomic E-state index is 0.165. The topological polar surface area (TPSA) is 36.4 Å². The third kappa shape index (κ3) is 5.76. The van der Waals surface area contributed by atoms with E-state index in [0.29, 0.717) is 12.8 Å². The SMILES string of the molecule is Cc1nc(CN2CCC(C(=O)N(C)CCC(F)(F)F)CC2)cs1. The van der Waals surface area contributed by atoms with Gasteiger partial charge in [-0.3, -0.25) is 9.69 Å². The summed E-state index contributed by atoms with van der Waals surface area (Å²) < 4.78 is 36.7. The molecule has 0 bridgehead atoms. The summed E-state index contributed by atoms with van der Waals surface area (Å²) in [6.45, 7) is 4.03. The molecule has 130 valence electrons. The number of hydrogen-bond acceptors (Lipinski definition) is 4. The van der Waals surface area contributed by atoms with Crippen molar-refractivity contribution in [3.05, 3.63) is 16.1 Å². The summed E-state index contributed by atoms with van der Waals surface area (Å²) in [5.74, 6) is -0.333. The van der Waals surface area contributed by atoms with Gasteiger partial charge in [0.1, 0.15) is 0 Å². The van der Waals surface area contributed by atoms with Crippen LogP contribution in [0.2, 0.25) is 0 Å². The van der Waals surface area contributed by atoms with Gasteiger partial charge in [0, 0.05) is 31.4 Å². The highest BCUT2D eigenvalue weighted by Gasteiger charge is 2.31. The molecule has 0 unspecified atom stereocenters. The lowest BCUT2D eigenvalue weighted by atomic mass is 9.95. The maximum Gasteiger partial charge on any atom is 0.390 e. The maximum absolute atomic E-state index is 12.2. The van der Waals surface area contributed by atoms with Crippen LogP contribution in [0, 0.1) is 12.8 Å². The van der Waals surface area contributed by atoms with Crippen molar-refractivity contribution in [3.8, 4) is 0 Å². The number of piperidine rings is 1. The van der Waals surface area contributed by atoms with Gasteiger partial charge in [-0.15, -0.1) is 11.3 Å². The zero-order valence-electron chi connectivity index (χ0n) is 13.4. The van der Waals surface area contributed by atoms with E-state index in [1.165, 1.54) is 11.9 Å². The monoisotopic (exact) mass is 349 g/mol.